The smallest absolute Gasteiger partial charge is 0.0380 e. The predicted molar refractivity (Wildman–Crippen MR) is 399 cm³/mol. The zero-order valence-electron chi connectivity index (χ0n) is 63.0. The Hall–Kier alpha value is 0. The molecule has 10 aliphatic rings. The van der Waals surface area contributed by atoms with Gasteiger partial charge in [0, 0.05) is 0 Å². The second kappa shape index (κ2) is 40.3. The maximum absolute atomic E-state index is 2.74. The first-order chi connectivity index (χ1) is 44.8. The van der Waals surface area contributed by atoms with E-state index in [0.717, 1.165) is 142 Å². The normalized spacial score (nSPS) is 39.6. The third-order valence-corrected chi connectivity index (χ3v) is 32.5. The summed E-state index contributed by atoms with van der Waals surface area (Å²) in [4.78, 5) is 0. The molecule has 0 radical (unpaired) electrons. The Morgan fingerprint density at radius 1 is 0.220 bits per heavy atom. The first-order valence-corrected chi connectivity index (χ1v) is 44.8. The topological polar surface area (TPSA) is 0 Å². The van der Waals surface area contributed by atoms with Crippen LogP contribution in [0.5, 0.6) is 0 Å². The summed E-state index contributed by atoms with van der Waals surface area (Å²) in [5.41, 5.74) is 0. The van der Waals surface area contributed by atoms with Crippen LogP contribution in [-0.2, 0) is 0 Å². The van der Waals surface area contributed by atoms with Gasteiger partial charge in [0.1, 0.15) is 0 Å². The van der Waals surface area contributed by atoms with E-state index in [1.165, 1.54) is 96.3 Å². The molecule has 0 aromatic heterocycles. The van der Waals surface area contributed by atoms with Crippen molar-refractivity contribution >= 4 is 0 Å². The Kier molecular flexibility index (Phi) is 32.6. The van der Waals surface area contributed by atoms with Crippen LogP contribution in [0.1, 0.15) is 433 Å². The van der Waals surface area contributed by atoms with Gasteiger partial charge in [-0.15, -0.1) is 0 Å². The first-order valence-electron chi connectivity index (χ1n) is 44.8. The lowest BCUT2D eigenvalue weighted by molar-refractivity contribution is 0.0340. The zero-order chi connectivity index (χ0) is 63.0. The van der Waals surface area contributed by atoms with Crippen molar-refractivity contribution < 1.29 is 0 Å². The van der Waals surface area contributed by atoms with E-state index in [0.29, 0.717) is 0 Å². The van der Waals surface area contributed by atoms with Crippen LogP contribution < -0.4 is 0 Å². The fraction of sp³-hybridized carbons (Fsp3) is 1.00. The molecule has 0 saturated heterocycles. The Morgan fingerprint density at radius 3 is 0.945 bits per heavy atom. The second-order valence-electron chi connectivity index (χ2n) is 37.9. The molecule has 0 amide bonds. The minimum atomic E-state index is 0.990. The van der Waals surface area contributed by atoms with Crippen LogP contribution in [0.3, 0.4) is 0 Å². The minimum absolute atomic E-state index is 0.990. The van der Waals surface area contributed by atoms with Crippen molar-refractivity contribution in [3.05, 3.63) is 0 Å². The number of rotatable bonds is 34. The van der Waals surface area contributed by atoms with Crippen molar-refractivity contribution in [2.45, 2.75) is 433 Å². The van der Waals surface area contributed by atoms with Gasteiger partial charge in [-0.05, 0) is 264 Å². The molecule has 0 heterocycles. The quantitative estimate of drug-likeness (QED) is 0.0564. The monoisotopic (exact) mass is 1260 g/mol. The largest absolute Gasteiger partial charge is 0.0654 e. The Balaban J connectivity index is 0.926. The van der Waals surface area contributed by atoms with Crippen molar-refractivity contribution in [1.82, 2.24) is 0 Å². The summed E-state index contributed by atoms with van der Waals surface area (Å²) in [6, 6.07) is 0. The summed E-state index contributed by atoms with van der Waals surface area (Å²) in [7, 11) is 0. The lowest BCUT2D eigenvalue weighted by Crippen LogP contribution is -2.37. The van der Waals surface area contributed by atoms with Crippen molar-refractivity contribution in [3.8, 4) is 0 Å². The van der Waals surface area contributed by atoms with Gasteiger partial charge in [0.15, 0.2) is 0 Å². The number of unbranched alkanes of at least 4 members (excludes halogenated alkanes) is 7. The predicted octanol–water partition coefficient (Wildman–Crippen LogP) is 29.8. The standard InChI is InChI=1S/C91H164/c1-7-13-16-17-19-28-72-45-53-75(54-46-72)80-30-20-29-73(59-80)60-89(86-36-22-33-83(63-86)79-57-47-71(48-58-79)27-18-14-8-2)66-91(88-38-24-35-85(65-88)78-55-43-70(44-56-78)26-15-9-3)67-90(87-37-23-34-84(64-87)77-51-41-69(25-10-4)42-52-77)61-74(12-6)81-31-21-32-82(62-81)76-49-39-68(11-5)40-50-76/h68-91H,7-67H2,1-6H3. The fourth-order valence-corrected chi connectivity index (χ4v) is 26.7. The van der Waals surface area contributed by atoms with E-state index in [2.05, 4.69) is 41.5 Å². The highest BCUT2D eigenvalue weighted by atomic mass is 14.5. The lowest BCUT2D eigenvalue weighted by Gasteiger charge is -2.47. The molecule has 0 bridgehead atoms. The second-order valence-corrected chi connectivity index (χ2v) is 37.9. The van der Waals surface area contributed by atoms with E-state index in [9.17, 15) is 0 Å². The minimum Gasteiger partial charge on any atom is -0.0654 e. The molecule has 0 nitrogen and oxygen atoms in total. The van der Waals surface area contributed by atoms with Crippen molar-refractivity contribution in [2.75, 3.05) is 0 Å². The average Bonchev–Trinajstić information content (AvgIpc) is 1.73. The van der Waals surface area contributed by atoms with Gasteiger partial charge in [-0.1, -0.05) is 311 Å². The van der Waals surface area contributed by atoms with Crippen LogP contribution >= 0.6 is 0 Å². The van der Waals surface area contributed by atoms with Crippen LogP contribution in [0.4, 0.5) is 0 Å². The van der Waals surface area contributed by atoms with Crippen LogP contribution in [0.15, 0.2) is 0 Å². The van der Waals surface area contributed by atoms with Gasteiger partial charge in [0.2, 0.25) is 0 Å². The summed E-state index contributed by atoms with van der Waals surface area (Å²) in [6.07, 6.45) is 95.6. The van der Waals surface area contributed by atoms with Crippen LogP contribution in [0.25, 0.3) is 0 Å². The summed E-state index contributed by atoms with van der Waals surface area (Å²) >= 11 is 0. The Morgan fingerprint density at radius 2 is 0.538 bits per heavy atom. The molecule has 91 heavy (non-hydrogen) atoms. The van der Waals surface area contributed by atoms with Gasteiger partial charge < -0.3 is 0 Å². The van der Waals surface area contributed by atoms with E-state index in [-0.39, 0.29) is 0 Å². The molecule has 10 rings (SSSR count). The summed E-state index contributed by atoms with van der Waals surface area (Å²) in [5, 5.41) is 0. The third-order valence-electron chi connectivity index (χ3n) is 32.5. The molecule has 0 aromatic rings. The van der Waals surface area contributed by atoms with E-state index in [1.807, 2.05) is 0 Å². The SMILES string of the molecule is CCCCCCCC1CCC(C2CCCC(CC(CC(CC(CC(CC)C3CCCC(C4CCC(CC)CC4)C3)C3CCCC(C4CCC(CCC)CC4)C3)C3CCCC(C4CCC(CCCC)CC4)C3)C3CCCC(C4CCC(CCCCC)CC4)C3)C2)CC1. The molecule has 0 N–H and O–H groups in total. The van der Waals surface area contributed by atoms with Crippen LogP contribution in [0, 0.1) is 142 Å². The zero-order valence-corrected chi connectivity index (χ0v) is 63.0. The van der Waals surface area contributed by atoms with Crippen LogP contribution in [0.2, 0.25) is 0 Å². The van der Waals surface area contributed by atoms with E-state index >= 15 is 0 Å². The lowest BCUT2D eigenvalue weighted by atomic mass is 9.58. The molecule has 14 atom stereocenters. The van der Waals surface area contributed by atoms with Crippen molar-refractivity contribution in [3.63, 3.8) is 0 Å². The summed E-state index contributed by atoms with van der Waals surface area (Å²) in [6.45, 7) is 15.0. The van der Waals surface area contributed by atoms with E-state index in [1.54, 1.807) is 295 Å². The van der Waals surface area contributed by atoms with Gasteiger partial charge in [0.25, 0.3) is 0 Å². The van der Waals surface area contributed by atoms with Gasteiger partial charge in [-0.2, -0.15) is 0 Å². The fourth-order valence-electron chi connectivity index (χ4n) is 26.7. The highest BCUT2D eigenvalue weighted by Gasteiger charge is 2.45. The molecule has 0 aliphatic heterocycles. The number of hydrogen-bond acceptors (Lipinski definition) is 0. The molecular weight excluding hydrogens is 1090 g/mol. The maximum atomic E-state index is 2.74. The molecular formula is C91H164. The molecule has 528 valence electrons. The average molecular weight is 1260 g/mol. The van der Waals surface area contributed by atoms with Crippen molar-refractivity contribution in [1.29, 1.82) is 0 Å². The Bertz CT molecular complexity index is 1840. The van der Waals surface area contributed by atoms with Gasteiger partial charge in [-0.25, -0.2) is 0 Å². The maximum Gasteiger partial charge on any atom is -0.0380 e. The van der Waals surface area contributed by atoms with Gasteiger partial charge >= 0.3 is 0 Å². The summed E-state index contributed by atoms with van der Waals surface area (Å²) in [5.74, 6) is 25.0. The molecule has 10 fully saturated rings. The molecule has 14 unspecified atom stereocenters. The van der Waals surface area contributed by atoms with Crippen LogP contribution in [-0.4, -0.2) is 0 Å². The molecule has 10 saturated carbocycles. The molecule has 0 spiro atoms. The molecule has 0 heteroatoms. The number of hydrogen-bond donors (Lipinski definition) is 0. The summed E-state index contributed by atoms with van der Waals surface area (Å²) < 4.78 is 0. The highest BCUT2D eigenvalue weighted by Crippen LogP contribution is 2.56. The van der Waals surface area contributed by atoms with Crippen molar-refractivity contribution in [2.24, 2.45) is 142 Å². The van der Waals surface area contributed by atoms with E-state index < -0.39 is 0 Å². The third kappa shape index (κ3) is 22.8. The van der Waals surface area contributed by atoms with E-state index in [4.69, 9.17) is 0 Å². The first kappa shape index (κ1) is 73.7. The Labute approximate surface area is 572 Å². The van der Waals surface area contributed by atoms with Gasteiger partial charge in [-0.3, -0.25) is 0 Å². The van der Waals surface area contributed by atoms with Gasteiger partial charge in [0.05, 0.1) is 0 Å². The molecule has 0 aromatic carbocycles. The highest BCUT2D eigenvalue weighted by molar-refractivity contribution is 4.96. The molecule has 10 aliphatic carbocycles.